The van der Waals surface area contributed by atoms with E-state index in [4.69, 9.17) is 0 Å². The van der Waals surface area contributed by atoms with Crippen LogP contribution < -0.4 is 5.32 Å². The third-order valence-electron chi connectivity index (χ3n) is 3.57. The first-order valence-corrected chi connectivity index (χ1v) is 10.7. The molecule has 0 aliphatic heterocycles. The van der Waals surface area contributed by atoms with Crippen molar-refractivity contribution in [3.05, 3.63) is 34.8 Å². The summed E-state index contributed by atoms with van der Waals surface area (Å²) in [6, 6.07) is 5.34. The highest BCUT2D eigenvalue weighted by atomic mass is 32.2. The Morgan fingerprint density at radius 2 is 2.04 bits per heavy atom. The van der Waals surface area contributed by atoms with E-state index in [2.05, 4.69) is 15.3 Å². The molecule has 0 radical (unpaired) electrons. The molecule has 0 bridgehead atoms. The Balaban J connectivity index is 1.69. The molecule has 0 fully saturated rings. The predicted molar refractivity (Wildman–Crippen MR) is 99.4 cm³/mol. The van der Waals surface area contributed by atoms with Gasteiger partial charge in [-0.1, -0.05) is 13.0 Å². The second-order valence-corrected chi connectivity index (χ2v) is 9.28. The molecule has 0 saturated carbocycles. The SMILES string of the molecule is CCc1nc(NCCN(C)S(=O)(=O)c2cccs2)c2ccsc2n1. The number of sulfonamides is 1. The maximum atomic E-state index is 12.4. The number of aryl methyl sites for hydroxylation is 1. The normalized spacial score (nSPS) is 12.1. The Labute approximate surface area is 149 Å². The summed E-state index contributed by atoms with van der Waals surface area (Å²) in [6.07, 6.45) is 0.759. The lowest BCUT2D eigenvalue weighted by molar-refractivity contribution is 0.482. The summed E-state index contributed by atoms with van der Waals surface area (Å²) in [4.78, 5) is 9.96. The number of rotatable bonds is 7. The Bertz CT molecular complexity index is 920. The van der Waals surface area contributed by atoms with E-state index in [1.165, 1.54) is 15.6 Å². The highest BCUT2D eigenvalue weighted by molar-refractivity contribution is 7.91. The Hall–Kier alpha value is -1.55. The van der Waals surface area contributed by atoms with E-state index in [1.807, 2.05) is 18.4 Å². The number of nitrogens with one attached hydrogen (secondary N) is 1. The van der Waals surface area contributed by atoms with Crippen LogP contribution >= 0.6 is 22.7 Å². The molecular weight excluding hydrogens is 364 g/mol. The summed E-state index contributed by atoms with van der Waals surface area (Å²) in [5.74, 6) is 1.55. The van der Waals surface area contributed by atoms with Crippen molar-refractivity contribution in [3.63, 3.8) is 0 Å². The lowest BCUT2D eigenvalue weighted by atomic mass is 10.3. The molecule has 0 aliphatic rings. The Morgan fingerprint density at radius 1 is 1.21 bits per heavy atom. The van der Waals surface area contributed by atoms with E-state index in [9.17, 15) is 8.42 Å². The van der Waals surface area contributed by atoms with Crippen LogP contribution in [-0.2, 0) is 16.4 Å². The van der Waals surface area contributed by atoms with Gasteiger partial charge >= 0.3 is 0 Å². The van der Waals surface area contributed by atoms with Gasteiger partial charge in [0, 0.05) is 26.6 Å². The third-order valence-corrected chi connectivity index (χ3v) is 7.60. The molecular formula is C15H18N4O2S3. The molecule has 0 amide bonds. The second-order valence-electron chi connectivity index (χ2n) is 5.17. The number of hydrogen-bond donors (Lipinski definition) is 1. The van der Waals surface area contributed by atoms with Crippen LogP contribution in [-0.4, -0.2) is 42.8 Å². The van der Waals surface area contributed by atoms with Crippen LogP contribution in [0.3, 0.4) is 0 Å². The topological polar surface area (TPSA) is 75.2 Å². The number of aromatic nitrogens is 2. The highest BCUT2D eigenvalue weighted by Crippen LogP contribution is 2.25. The molecule has 6 nitrogen and oxygen atoms in total. The van der Waals surface area contributed by atoms with Crippen LogP contribution in [0.1, 0.15) is 12.7 Å². The van der Waals surface area contributed by atoms with Gasteiger partial charge in [-0.15, -0.1) is 22.7 Å². The van der Waals surface area contributed by atoms with Crippen molar-refractivity contribution in [2.75, 3.05) is 25.5 Å². The minimum absolute atomic E-state index is 0.358. The summed E-state index contributed by atoms with van der Waals surface area (Å²) < 4.78 is 26.5. The van der Waals surface area contributed by atoms with Gasteiger partial charge in [-0.2, -0.15) is 4.31 Å². The average molecular weight is 383 g/mol. The Kier molecular flexibility index (Phi) is 5.14. The molecule has 3 aromatic rings. The van der Waals surface area contributed by atoms with Gasteiger partial charge in [0.1, 0.15) is 20.7 Å². The zero-order chi connectivity index (χ0) is 17.2. The highest BCUT2D eigenvalue weighted by Gasteiger charge is 2.21. The number of thiophene rings is 2. The summed E-state index contributed by atoms with van der Waals surface area (Å²) in [6.45, 7) is 2.85. The monoisotopic (exact) mass is 382 g/mol. The number of hydrogen-bond acceptors (Lipinski definition) is 7. The van der Waals surface area contributed by atoms with Gasteiger partial charge in [0.25, 0.3) is 10.0 Å². The lowest BCUT2D eigenvalue weighted by Gasteiger charge is -2.16. The minimum Gasteiger partial charge on any atom is -0.368 e. The molecule has 24 heavy (non-hydrogen) atoms. The molecule has 0 spiro atoms. The van der Waals surface area contributed by atoms with Crippen LogP contribution in [0, 0.1) is 0 Å². The van der Waals surface area contributed by atoms with Crippen molar-refractivity contribution in [1.82, 2.24) is 14.3 Å². The first-order chi connectivity index (χ1) is 11.5. The molecule has 0 atom stereocenters. The van der Waals surface area contributed by atoms with Crippen molar-refractivity contribution in [2.24, 2.45) is 0 Å². The van der Waals surface area contributed by atoms with Crippen molar-refractivity contribution in [3.8, 4) is 0 Å². The predicted octanol–water partition coefficient (Wildman–Crippen LogP) is 3.05. The molecule has 0 saturated heterocycles. The molecule has 0 aromatic carbocycles. The van der Waals surface area contributed by atoms with Gasteiger partial charge in [0.2, 0.25) is 0 Å². The summed E-state index contributed by atoms with van der Waals surface area (Å²) in [5.41, 5.74) is 0. The fourth-order valence-corrected chi connectivity index (χ4v) is 5.36. The first kappa shape index (κ1) is 17.3. The number of likely N-dealkylation sites (N-methyl/N-ethyl adjacent to an activating group) is 1. The molecule has 0 unspecified atom stereocenters. The molecule has 128 valence electrons. The van der Waals surface area contributed by atoms with Gasteiger partial charge in [-0.25, -0.2) is 18.4 Å². The summed E-state index contributed by atoms with van der Waals surface area (Å²) in [5, 5.41) is 7.97. The maximum Gasteiger partial charge on any atom is 0.252 e. The molecule has 3 heterocycles. The lowest BCUT2D eigenvalue weighted by Crippen LogP contribution is -2.31. The van der Waals surface area contributed by atoms with Crippen LogP contribution in [0.4, 0.5) is 5.82 Å². The number of nitrogens with zero attached hydrogens (tertiary/aromatic N) is 3. The maximum absolute atomic E-state index is 12.4. The molecule has 3 rings (SSSR count). The van der Waals surface area contributed by atoms with Gasteiger partial charge in [0.05, 0.1) is 5.39 Å². The second kappa shape index (κ2) is 7.14. The fourth-order valence-electron chi connectivity index (χ4n) is 2.21. The Morgan fingerprint density at radius 3 is 2.75 bits per heavy atom. The van der Waals surface area contributed by atoms with Crippen LogP contribution in [0.25, 0.3) is 10.2 Å². The van der Waals surface area contributed by atoms with Crippen molar-refractivity contribution < 1.29 is 8.42 Å². The van der Waals surface area contributed by atoms with Crippen LogP contribution in [0.15, 0.2) is 33.2 Å². The molecule has 0 aliphatic carbocycles. The van der Waals surface area contributed by atoms with Gasteiger partial charge in [0.15, 0.2) is 0 Å². The van der Waals surface area contributed by atoms with Crippen molar-refractivity contribution >= 4 is 48.7 Å². The molecule has 3 aromatic heterocycles. The van der Waals surface area contributed by atoms with E-state index in [0.29, 0.717) is 17.3 Å². The van der Waals surface area contributed by atoms with E-state index >= 15 is 0 Å². The minimum atomic E-state index is -3.41. The van der Waals surface area contributed by atoms with E-state index in [-0.39, 0.29) is 0 Å². The van der Waals surface area contributed by atoms with Gasteiger partial charge < -0.3 is 5.32 Å². The van der Waals surface area contributed by atoms with Crippen molar-refractivity contribution in [1.29, 1.82) is 0 Å². The van der Waals surface area contributed by atoms with E-state index in [1.54, 1.807) is 35.9 Å². The number of fused-ring (bicyclic) bond motifs is 1. The number of anilines is 1. The molecule has 9 heteroatoms. The van der Waals surface area contributed by atoms with Crippen LogP contribution in [0.5, 0.6) is 0 Å². The van der Waals surface area contributed by atoms with E-state index < -0.39 is 10.0 Å². The third kappa shape index (κ3) is 3.44. The van der Waals surface area contributed by atoms with Crippen LogP contribution in [0.2, 0.25) is 0 Å². The first-order valence-electron chi connectivity index (χ1n) is 7.50. The average Bonchev–Trinajstić information content (AvgIpc) is 3.25. The smallest absolute Gasteiger partial charge is 0.252 e. The van der Waals surface area contributed by atoms with Crippen molar-refractivity contribution in [2.45, 2.75) is 17.6 Å². The largest absolute Gasteiger partial charge is 0.368 e. The van der Waals surface area contributed by atoms with Gasteiger partial charge in [-0.05, 0) is 22.9 Å². The fraction of sp³-hybridized carbons (Fsp3) is 0.333. The summed E-state index contributed by atoms with van der Waals surface area (Å²) in [7, 11) is -1.82. The summed E-state index contributed by atoms with van der Waals surface area (Å²) >= 11 is 2.80. The zero-order valence-electron chi connectivity index (χ0n) is 13.4. The quantitative estimate of drug-likeness (QED) is 0.680. The van der Waals surface area contributed by atoms with E-state index in [0.717, 1.165) is 28.3 Å². The zero-order valence-corrected chi connectivity index (χ0v) is 15.8. The van der Waals surface area contributed by atoms with Gasteiger partial charge in [-0.3, -0.25) is 0 Å². The standard InChI is InChI=1S/C15H18N4O2S3/c1-3-12-17-14(11-6-10-23-15(11)18-12)16-7-8-19(2)24(20,21)13-5-4-9-22-13/h4-6,9-10H,3,7-8H2,1-2H3,(H,16,17,18). The molecule has 1 N–H and O–H groups in total.